The summed E-state index contributed by atoms with van der Waals surface area (Å²) in [6.45, 7) is 2.09. The first-order valence-corrected chi connectivity index (χ1v) is 6.14. The number of thiocarbonyl (C=S) groups is 1. The van der Waals surface area contributed by atoms with Gasteiger partial charge in [-0.15, -0.1) is 0 Å². The van der Waals surface area contributed by atoms with Gasteiger partial charge in [-0.05, 0) is 18.9 Å². The normalized spacial score (nSPS) is 17.8. The molecule has 0 bridgehead atoms. The molecule has 0 spiro atoms. The molecule has 100 valence electrons. The molecule has 2 N–H and O–H groups in total. The van der Waals surface area contributed by atoms with Gasteiger partial charge in [0.1, 0.15) is 0 Å². The average Bonchev–Trinajstić information content (AvgIpc) is 2.98. The number of nitrogens with two attached hydrogens (primary N) is 1. The van der Waals surface area contributed by atoms with Crippen LogP contribution < -0.4 is 5.73 Å². The third kappa shape index (κ3) is 2.82. The summed E-state index contributed by atoms with van der Waals surface area (Å²) in [6.07, 6.45) is -2.56. The predicted octanol–water partition coefficient (Wildman–Crippen LogP) is 2.70. The van der Waals surface area contributed by atoms with Crippen LogP contribution in [0.1, 0.15) is 37.1 Å². The average molecular weight is 277 g/mol. The number of nitrogens with zero attached hydrogens (tertiary/aromatic N) is 2. The Morgan fingerprint density at radius 1 is 1.61 bits per heavy atom. The lowest BCUT2D eigenvalue weighted by molar-refractivity contribution is -0.141. The highest BCUT2D eigenvalue weighted by molar-refractivity contribution is 7.80. The van der Waals surface area contributed by atoms with E-state index in [1.807, 2.05) is 0 Å². The molecule has 3 nitrogen and oxygen atoms in total. The van der Waals surface area contributed by atoms with Crippen LogP contribution in [0.25, 0.3) is 0 Å². The summed E-state index contributed by atoms with van der Waals surface area (Å²) in [4.78, 5) is 0.292. The fraction of sp³-hybridized carbons (Fsp3) is 0.636. The van der Waals surface area contributed by atoms with Gasteiger partial charge in [-0.25, -0.2) is 0 Å². The number of aromatic nitrogens is 2. The van der Waals surface area contributed by atoms with Gasteiger partial charge in [0.15, 0.2) is 5.69 Å². The lowest BCUT2D eigenvalue weighted by atomic mass is 10.2. The third-order valence-electron chi connectivity index (χ3n) is 3.03. The lowest BCUT2D eigenvalue weighted by Gasteiger charge is -2.12. The number of hydrogen-bond donors (Lipinski definition) is 1. The van der Waals surface area contributed by atoms with E-state index in [0.29, 0.717) is 17.2 Å². The molecule has 0 unspecified atom stereocenters. The fourth-order valence-electron chi connectivity index (χ4n) is 1.77. The summed E-state index contributed by atoms with van der Waals surface area (Å²) in [5.41, 5.74) is 5.30. The SMILES string of the molecule is C[C@H](Cn1nc(C(F)(F)F)cc1C1CC1)C(N)=S. The number of hydrogen-bond acceptors (Lipinski definition) is 2. The second-order valence-corrected chi connectivity index (χ2v) is 5.18. The highest BCUT2D eigenvalue weighted by atomic mass is 32.1. The largest absolute Gasteiger partial charge is 0.435 e. The van der Waals surface area contributed by atoms with Crippen LogP contribution >= 0.6 is 12.2 Å². The molecule has 1 aromatic rings. The first-order chi connectivity index (χ1) is 8.29. The van der Waals surface area contributed by atoms with E-state index in [2.05, 4.69) is 5.10 Å². The minimum absolute atomic E-state index is 0.168. The second kappa shape index (κ2) is 4.53. The van der Waals surface area contributed by atoms with Crippen molar-refractivity contribution in [3.63, 3.8) is 0 Å². The standard InChI is InChI=1S/C11H14F3N3S/c1-6(10(15)18)5-17-8(7-2-3-7)4-9(16-17)11(12,13)14/h4,6-7H,2-3,5H2,1H3,(H2,15,18)/t6-/m1/s1. The molecule has 0 aromatic carbocycles. The van der Waals surface area contributed by atoms with Gasteiger partial charge in [0.2, 0.25) is 0 Å². The van der Waals surface area contributed by atoms with E-state index < -0.39 is 11.9 Å². The molecule has 0 saturated heterocycles. The zero-order valence-electron chi connectivity index (χ0n) is 9.87. The fourth-order valence-corrected chi connectivity index (χ4v) is 1.85. The summed E-state index contributed by atoms with van der Waals surface area (Å²) in [5.74, 6) is 0.0330. The zero-order chi connectivity index (χ0) is 13.5. The van der Waals surface area contributed by atoms with Crippen molar-refractivity contribution >= 4 is 17.2 Å². The Hall–Kier alpha value is -1.11. The maximum Gasteiger partial charge on any atom is 0.435 e. The molecule has 1 atom stereocenters. The van der Waals surface area contributed by atoms with Gasteiger partial charge in [-0.1, -0.05) is 19.1 Å². The van der Waals surface area contributed by atoms with Crippen LogP contribution in [-0.4, -0.2) is 14.8 Å². The van der Waals surface area contributed by atoms with Crippen molar-refractivity contribution < 1.29 is 13.2 Å². The zero-order valence-corrected chi connectivity index (χ0v) is 10.7. The Morgan fingerprint density at radius 2 is 2.22 bits per heavy atom. The van der Waals surface area contributed by atoms with E-state index in [9.17, 15) is 13.2 Å². The molecule has 2 rings (SSSR count). The van der Waals surface area contributed by atoms with Crippen molar-refractivity contribution in [3.8, 4) is 0 Å². The quantitative estimate of drug-likeness (QED) is 0.861. The molecule has 0 aliphatic heterocycles. The predicted molar refractivity (Wildman–Crippen MR) is 65.2 cm³/mol. The van der Waals surface area contributed by atoms with Crippen LogP contribution in [0.2, 0.25) is 0 Å². The molecular formula is C11H14F3N3S. The third-order valence-corrected chi connectivity index (χ3v) is 3.43. The van der Waals surface area contributed by atoms with Crippen molar-refractivity contribution in [1.29, 1.82) is 0 Å². The Kier molecular flexibility index (Phi) is 3.35. The molecule has 1 aliphatic rings. The van der Waals surface area contributed by atoms with E-state index >= 15 is 0 Å². The van der Waals surface area contributed by atoms with Gasteiger partial charge in [0.05, 0.1) is 11.5 Å². The molecule has 1 aromatic heterocycles. The van der Waals surface area contributed by atoms with E-state index in [4.69, 9.17) is 18.0 Å². The Morgan fingerprint density at radius 3 is 2.67 bits per heavy atom. The summed E-state index contributed by atoms with van der Waals surface area (Å²) in [5, 5.41) is 3.64. The van der Waals surface area contributed by atoms with Crippen molar-refractivity contribution in [2.45, 2.75) is 38.4 Å². The molecular weight excluding hydrogens is 263 g/mol. The van der Waals surface area contributed by atoms with E-state index in [1.54, 1.807) is 6.92 Å². The molecule has 7 heteroatoms. The van der Waals surface area contributed by atoms with Gasteiger partial charge < -0.3 is 5.73 Å². The van der Waals surface area contributed by atoms with Crippen LogP contribution in [0, 0.1) is 5.92 Å². The van der Waals surface area contributed by atoms with E-state index in [-0.39, 0.29) is 11.8 Å². The maximum atomic E-state index is 12.6. The van der Waals surface area contributed by atoms with Gasteiger partial charge >= 0.3 is 6.18 Å². The van der Waals surface area contributed by atoms with Crippen LogP contribution in [0.5, 0.6) is 0 Å². The summed E-state index contributed by atoms with van der Waals surface area (Å²) in [7, 11) is 0. The maximum absolute atomic E-state index is 12.6. The molecule has 0 amide bonds. The molecule has 1 aliphatic carbocycles. The molecule has 1 saturated carbocycles. The van der Waals surface area contributed by atoms with E-state index in [1.165, 1.54) is 4.68 Å². The van der Waals surface area contributed by atoms with Gasteiger partial charge in [-0.2, -0.15) is 18.3 Å². The van der Waals surface area contributed by atoms with Crippen molar-refractivity contribution in [3.05, 3.63) is 17.5 Å². The van der Waals surface area contributed by atoms with Gasteiger partial charge in [0, 0.05) is 17.5 Å². The lowest BCUT2D eigenvalue weighted by Crippen LogP contribution is -2.24. The first kappa shape index (κ1) is 13.3. The minimum Gasteiger partial charge on any atom is -0.393 e. The van der Waals surface area contributed by atoms with Crippen LogP contribution in [-0.2, 0) is 12.7 Å². The highest BCUT2D eigenvalue weighted by Crippen LogP contribution is 2.42. The summed E-state index contributed by atoms with van der Waals surface area (Å²) in [6, 6.07) is 1.14. The molecule has 0 radical (unpaired) electrons. The van der Waals surface area contributed by atoms with Crippen LogP contribution in [0.3, 0.4) is 0 Å². The first-order valence-electron chi connectivity index (χ1n) is 5.73. The number of rotatable bonds is 4. The molecule has 18 heavy (non-hydrogen) atoms. The second-order valence-electron chi connectivity index (χ2n) is 4.71. The summed E-state index contributed by atoms with van der Waals surface area (Å²) >= 11 is 4.84. The van der Waals surface area contributed by atoms with Gasteiger partial charge in [0.25, 0.3) is 0 Å². The van der Waals surface area contributed by atoms with Crippen molar-refractivity contribution in [1.82, 2.24) is 9.78 Å². The van der Waals surface area contributed by atoms with E-state index in [0.717, 1.165) is 18.9 Å². The van der Waals surface area contributed by atoms with Crippen LogP contribution in [0.15, 0.2) is 6.07 Å². The Bertz CT molecular complexity index is 463. The van der Waals surface area contributed by atoms with Gasteiger partial charge in [-0.3, -0.25) is 4.68 Å². The molecule has 1 fully saturated rings. The Balaban J connectivity index is 2.27. The van der Waals surface area contributed by atoms with Crippen molar-refractivity contribution in [2.75, 3.05) is 0 Å². The Labute approximate surface area is 108 Å². The summed E-state index contributed by atoms with van der Waals surface area (Å²) < 4.78 is 39.3. The monoisotopic (exact) mass is 277 g/mol. The van der Waals surface area contributed by atoms with Crippen LogP contribution in [0.4, 0.5) is 13.2 Å². The highest BCUT2D eigenvalue weighted by Gasteiger charge is 2.37. The number of alkyl halides is 3. The minimum atomic E-state index is -4.40. The smallest absolute Gasteiger partial charge is 0.393 e. The van der Waals surface area contributed by atoms with Crippen molar-refractivity contribution in [2.24, 2.45) is 11.7 Å². The topological polar surface area (TPSA) is 43.8 Å². The molecule has 1 heterocycles. The number of halogens is 3.